The number of hydrogen-bond acceptors (Lipinski definition) is 3. The summed E-state index contributed by atoms with van der Waals surface area (Å²) in [6.45, 7) is 7.34. The van der Waals surface area contributed by atoms with Gasteiger partial charge in [-0.2, -0.15) is 0 Å². The predicted octanol–water partition coefficient (Wildman–Crippen LogP) is 2.59. The van der Waals surface area contributed by atoms with Gasteiger partial charge in [-0.25, -0.2) is 9.18 Å². The second kappa shape index (κ2) is 5.71. The maximum absolute atomic E-state index is 13.3. The molecule has 0 heterocycles. The molecule has 0 atom stereocenters. The molecule has 0 aliphatic rings. The zero-order valence-electron chi connectivity index (χ0n) is 10.9. The van der Waals surface area contributed by atoms with Gasteiger partial charge >= 0.3 is 5.97 Å². The molecule has 0 radical (unpaired) electrons. The van der Waals surface area contributed by atoms with Gasteiger partial charge in [0.15, 0.2) is 0 Å². The number of nitrogen functional groups attached to an aromatic ring is 1. The molecule has 0 amide bonds. The second-order valence-electron chi connectivity index (χ2n) is 4.59. The molecular formula is C13H19FN2O2. The second-order valence-corrected chi connectivity index (χ2v) is 4.59. The molecule has 1 aromatic rings. The first-order chi connectivity index (χ1) is 8.38. The predicted molar refractivity (Wildman–Crippen MR) is 70.5 cm³/mol. The summed E-state index contributed by atoms with van der Waals surface area (Å²) in [5.74, 6) is -1.53. The van der Waals surface area contributed by atoms with Crippen LogP contribution in [0.2, 0.25) is 0 Å². The zero-order valence-corrected chi connectivity index (χ0v) is 10.9. The summed E-state index contributed by atoms with van der Waals surface area (Å²) in [6.07, 6.45) is 0. The van der Waals surface area contributed by atoms with Gasteiger partial charge in [0.2, 0.25) is 0 Å². The van der Waals surface area contributed by atoms with Crippen LogP contribution in [0.3, 0.4) is 0 Å². The number of carbonyl (C=O) groups is 1. The topological polar surface area (TPSA) is 66.6 Å². The molecule has 0 spiro atoms. The van der Waals surface area contributed by atoms with Crippen molar-refractivity contribution in [2.45, 2.75) is 20.8 Å². The Kier molecular flexibility index (Phi) is 4.53. The van der Waals surface area contributed by atoms with Crippen molar-refractivity contribution in [1.29, 1.82) is 0 Å². The molecule has 4 nitrogen and oxygen atoms in total. The average Bonchev–Trinajstić information content (AvgIpc) is 2.28. The molecule has 5 heteroatoms. The minimum absolute atomic E-state index is 0.155. The van der Waals surface area contributed by atoms with Crippen molar-refractivity contribution in [3.05, 3.63) is 23.5 Å². The number of nitrogens with zero attached hydrogens (tertiary/aromatic N) is 1. The van der Waals surface area contributed by atoms with Crippen LogP contribution in [0.1, 0.15) is 31.1 Å². The van der Waals surface area contributed by atoms with E-state index in [-0.39, 0.29) is 11.3 Å². The monoisotopic (exact) mass is 254 g/mol. The first-order valence-corrected chi connectivity index (χ1v) is 5.94. The molecule has 0 bridgehead atoms. The third-order valence-corrected chi connectivity index (χ3v) is 2.69. The summed E-state index contributed by atoms with van der Waals surface area (Å²) in [4.78, 5) is 13.1. The van der Waals surface area contributed by atoms with Crippen LogP contribution in [0.5, 0.6) is 0 Å². The lowest BCUT2D eigenvalue weighted by molar-refractivity contribution is 0.0698. The summed E-state index contributed by atoms with van der Waals surface area (Å²) in [5, 5.41) is 9.18. The molecule has 18 heavy (non-hydrogen) atoms. The lowest BCUT2D eigenvalue weighted by Crippen LogP contribution is -2.29. The number of carboxylic acids is 1. The van der Waals surface area contributed by atoms with E-state index in [1.165, 1.54) is 12.1 Å². The molecular weight excluding hydrogens is 235 g/mol. The van der Waals surface area contributed by atoms with Gasteiger partial charge in [-0.05, 0) is 25.0 Å². The fraction of sp³-hybridized carbons (Fsp3) is 0.462. The largest absolute Gasteiger partial charge is 0.478 e. The maximum atomic E-state index is 13.3. The van der Waals surface area contributed by atoms with Crippen LogP contribution in [0.4, 0.5) is 15.8 Å². The Labute approximate surface area is 106 Å². The highest BCUT2D eigenvalue weighted by Gasteiger charge is 2.21. The number of aromatic carboxylic acids is 1. The van der Waals surface area contributed by atoms with E-state index in [4.69, 9.17) is 5.73 Å². The highest BCUT2D eigenvalue weighted by molar-refractivity contribution is 6.00. The fourth-order valence-corrected chi connectivity index (χ4v) is 1.91. The average molecular weight is 254 g/mol. The molecule has 3 N–H and O–H groups in total. The quantitative estimate of drug-likeness (QED) is 0.792. The highest BCUT2D eigenvalue weighted by Crippen LogP contribution is 2.28. The first-order valence-electron chi connectivity index (χ1n) is 5.94. The van der Waals surface area contributed by atoms with Crippen molar-refractivity contribution < 1.29 is 14.3 Å². The van der Waals surface area contributed by atoms with Crippen LogP contribution in [0.15, 0.2) is 12.1 Å². The minimum Gasteiger partial charge on any atom is -0.478 e. The van der Waals surface area contributed by atoms with Crippen LogP contribution < -0.4 is 10.6 Å². The van der Waals surface area contributed by atoms with Gasteiger partial charge in [-0.15, -0.1) is 0 Å². The van der Waals surface area contributed by atoms with E-state index in [0.717, 1.165) is 0 Å². The number of nitrogens with two attached hydrogens (primary N) is 1. The molecule has 1 aromatic carbocycles. The van der Waals surface area contributed by atoms with Crippen molar-refractivity contribution >= 4 is 17.3 Å². The number of halogens is 1. The number of rotatable bonds is 5. The van der Waals surface area contributed by atoms with Crippen molar-refractivity contribution in [3.8, 4) is 0 Å². The Bertz CT molecular complexity index is 447. The van der Waals surface area contributed by atoms with Gasteiger partial charge in [0.25, 0.3) is 0 Å². The van der Waals surface area contributed by atoms with Crippen molar-refractivity contribution in [2.75, 3.05) is 23.7 Å². The Balaban J connectivity index is 3.30. The highest BCUT2D eigenvalue weighted by atomic mass is 19.1. The lowest BCUT2D eigenvalue weighted by Gasteiger charge is -2.27. The Morgan fingerprint density at radius 1 is 1.50 bits per heavy atom. The summed E-state index contributed by atoms with van der Waals surface area (Å²) >= 11 is 0. The molecule has 0 aliphatic carbocycles. The summed E-state index contributed by atoms with van der Waals surface area (Å²) in [6, 6.07) is 2.68. The molecule has 0 fully saturated rings. The number of carboxylic acid groups (broad SMARTS) is 1. The zero-order chi connectivity index (χ0) is 13.9. The third kappa shape index (κ3) is 2.91. The minimum atomic E-state index is -1.20. The maximum Gasteiger partial charge on any atom is 0.340 e. The van der Waals surface area contributed by atoms with E-state index < -0.39 is 11.8 Å². The number of benzene rings is 1. The van der Waals surface area contributed by atoms with Gasteiger partial charge < -0.3 is 15.7 Å². The molecule has 1 rings (SSSR count). The first kappa shape index (κ1) is 14.3. The van der Waals surface area contributed by atoms with Gasteiger partial charge in [-0.1, -0.05) is 13.8 Å². The summed E-state index contributed by atoms with van der Waals surface area (Å²) in [5.41, 5.74) is 5.54. The lowest BCUT2D eigenvalue weighted by atomic mass is 10.1. The van der Waals surface area contributed by atoms with Gasteiger partial charge in [-0.3, -0.25) is 0 Å². The van der Waals surface area contributed by atoms with Gasteiger partial charge in [0, 0.05) is 13.1 Å². The van der Waals surface area contributed by atoms with Gasteiger partial charge in [0.1, 0.15) is 11.4 Å². The van der Waals surface area contributed by atoms with E-state index in [2.05, 4.69) is 0 Å². The molecule has 0 saturated heterocycles. The van der Waals surface area contributed by atoms with Crippen LogP contribution in [0.25, 0.3) is 0 Å². The Morgan fingerprint density at radius 3 is 2.56 bits per heavy atom. The standard InChI is InChI=1S/C13H19FN2O2/c1-4-16(7-8(2)3)10-6-5-9(14)12(15)11(10)13(17)18/h5-6,8H,4,7,15H2,1-3H3,(H,17,18). The Morgan fingerprint density at radius 2 is 2.11 bits per heavy atom. The molecule has 0 aromatic heterocycles. The van der Waals surface area contributed by atoms with Crippen LogP contribution in [0, 0.1) is 11.7 Å². The van der Waals surface area contributed by atoms with E-state index >= 15 is 0 Å². The van der Waals surface area contributed by atoms with E-state index in [1.807, 2.05) is 25.7 Å². The van der Waals surface area contributed by atoms with Gasteiger partial charge in [0.05, 0.1) is 11.4 Å². The van der Waals surface area contributed by atoms with E-state index in [1.54, 1.807) is 0 Å². The molecule has 0 aliphatic heterocycles. The van der Waals surface area contributed by atoms with E-state index in [0.29, 0.717) is 24.7 Å². The van der Waals surface area contributed by atoms with Crippen molar-refractivity contribution in [3.63, 3.8) is 0 Å². The summed E-state index contributed by atoms with van der Waals surface area (Å²) < 4.78 is 13.3. The molecule has 0 saturated carbocycles. The van der Waals surface area contributed by atoms with Crippen LogP contribution >= 0.6 is 0 Å². The van der Waals surface area contributed by atoms with Crippen LogP contribution in [-0.4, -0.2) is 24.2 Å². The molecule has 0 unspecified atom stereocenters. The normalized spacial score (nSPS) is 10.7. The smallest absolute Gasteiger partial charge is 0.340 e. The fourth-order valence-electron chi connectivity index (χ4n) is 1.91. The number of hydrogen-bond donors (Lipinski definition) is 2. The molecule has 100 valence electrons. The number of anilines is 2. The Hall–Kier alpha value is -1.78. The van der Waals surface area contributed by atoms with Crippen molar-refractivity contribution in [2.24, 2.45) is 5.92 Å². The van der Waals surface area contributed by atoms with Crippen molar-refractivity contribution in [1.82, 2.24) is 0 Å². The van der Waals surface area contributed by atoms with Crippen LogP contribution in [-0.2, 0) is 0 Å². The summed E-state index contributed by atoms with van der Waals surface area (Å²) in [7, 11) is 0. The third-order valence-electron chi connectivity index (χ3n) is 2.69. The SMILES string of the molecule is CCN(CC(C)C)c1ccc(F)c(N)c1C(=O)O. The van der Waals surface area contributed by atoms with E-state index in [9.17, 15) is 14.3 Å².